The van der Waals surface area contributed by atoms with Gasteiger partial charge in [0.25, 0.3) is 0 Å². The summed E-state index contributed by atoms with van der Waals surface area (Å²) in [6.07, 6.45) is 3.64. The minimum absolute atomic E-state index is 0.00931. The fraction of sp³-hybridized carbons (Fsp3) is 0.538. The van der Waals surface area contributed by atoms with Crippen molar-refractivity contribution in [3.05, 3.63) is 24.2 Å². The number of furan rings is 1. The Hall–Kier alpha value is -1.82. The van der Waals surface area contributed by atoms with E-state index in [0.29, 0.717) is 5.76 Å². The zero-order valence-corrected chi connectivity index (χ0v) is 10.8. The van der Waals surface area contributed by atoms with Crippen molar-refractivity contribution < 1.29 is 19.1 Å². The van der Waals surface area contributed by atoms with E-state index in [-0.39, 0.29) is 19.0 Å². The average molecular weight is 266 g/mol. The molecule has 3 N–H and O–H groups in total. The second-order valence-electron chi connectivity index (χ2n) is 5.18. The lowest BCUT2D eigenvalue weighted by molar-refractivity contribution is -0.139. The van der Waals surface area contributed by atoms with Crippen LogP contribution in [-0.2, 0) is 16.0 Å². The third kappa shape index (κ3) is 4.40. The van der Waals surface area contributed by atoms with E-state index < -0.39 is 17.4 Å². The molecule has 0 spiro atoms. The summed E-state index contributed by atoms with van der Waals surface area (Å²) < 4.78 is 5.13. The van der Waals surface area contributed by atoms with Crippen LogP contribution in [0.3, 0.4) is 0 Å². The molecule has 0 aromatic carbocycles. The van der Waals surface area contributed by atoms with E-state index >= 15 is 0 Å². The van der Waals surface area contributed by atoms with Crippen molar-refractivity contribution >= 4 is 11.8 Å². The maximum atomic E-state index is 11.5. The summed E-state index contributed by atoms with van der Waals surface area (Å²) >= 11 is 0. The van der Waals surface area contributed by atoms with Crippen LogP contribution in [0, 0.1) is 0 Å². The first kappa shape index (κ1) is 13.6. The van der Waals surface area contributed by atoms with Crippen molar-refractivity contribution in [3.8, 4) is 0 Å². The van der Waals surface area contributed by atoms with Crippen molar-refractivity contribution in [2.45, 2.75) is 37.8 Å². The minimum atomic E-state index is -1.16. The number of aliphatic hydroxyl groups is 1. The molecule has 1 aromatic rings. The lowest BCUT2D eigenvalue weighted by Gasteiger charge is -2.22. The normalized spacial score (nSPS) is 17.6. The van der Waals surface area contributed by atoms with Crippen molar-refractivity contribution in [3.63, 3.8) is 0 Å². The Morgan fingerprint density at radius 2 is 2.21 bits per heavy atom. The molecule has 2 rings (SSSR count). The average Bonchev–Trinajstić information content (AvgIpc) is 3.01. The minimum Gasteiger partial charge on any atom is -0.469 e. The molecule has 0 saturated heterocycles. The summed E-state index contributed by atoms with van der Waals surface area (Å²) in [6.45, 7) is 1.57. The first-order valence-electron chi connectivity index (χ1n) is 6.30. The molecule has 0 bridgehead atoms. The van der Waals surface area contributed by atoms with E-state index in [1.165, 1.54) is 6.26 Å². The van der Waals surface area contributed by atoms with Crippen LogP contribution >= 0.6 is 0 Å². The van der Waals surface area contributed by atoms with Crippen LogP contribution in [0.1, 0.15) is 25.5 Å². The fourth-order valence-electron chi connectivity index (χ4n) is 1.68. The summed E-state index contributed by atoms with van der Waals surface area (Å²) in [7, 11) is 0. The van der Waals surface area contributed by atoms with Crippen LogP contribution in [0.15, 0.2) is 22.8 Å². The monoisotopic (exact) mass is 266 g/mol. The van der Waals surface area contributed by atoms with Gasteiger partial charge in [0.15, 0.2) is 0 Å². The smallest absolute Gasteiger partial charge is 0.309 e. The summed E-state index contributed by atoms with van der Waals surface area (Å²) in [4.78, 5) is 22.9. The van der Waals surface area contributed by atoms with Gasteiger partial charge in [0.1, 0.15) is 5.76 Å². The third-order valence-electron chi connectivity index (χ3n) is 2.88. The molecule has 19 heavy (non-hydrogen) atoms. The van der Waals surface area contributed by atoms with Gasteiger partial charge >= 0.3 is 11.8 Å². The number of amides is 2. The van der Waals surface area contributed by atoms with Gasteiger partial charge in [0.2, 0.25) is 0 Å². The lowest BCUT2D eigenvalue weighted by Crippen LogP contribution is -2.47. The molecule has 1 saturated carbocycles. The third-order valence-corrected chi connectivity index (χ3v) is 2.88. The van der Waals surface area contributed by atoms with Crippen molar-refractivity contribution in [1.29, 1.82) is 0 Å². The van der Waals surface area contributed by atoms with Gasteiger partial charge in [-0.2, -0.15) is 0 Å². The summed E-state index contributed by atoms with van der Waals surface area (Å²) in [5.74, 6) is -0.732. The van der Waals surface area contributed by atoms with Crippen LogP contribution in [0.4, 0.5) is 0 Å². The van der Waals surface area contributed by atoms with E-state index in [1.807, 2.05) is 0 Å². The van der Waals surface area contributed by atoms with Gasteiger partial charge in [-0.1, -0.05) is 0 Å². The molecule has 0 aliphatic heterocycles. The van der Waals surface area contributed by atoms with Crippen LogP contribution in [0.2, 0.25) is 0 Å². The van der Waals surface area contributed by atoms with E-state index in [4.69, 9.17) is 4.42 Å². The van der Waals surface area contributed by atoms with E-state index in [0.717, 1.165) is 12.8 Å². The van der Waals surface area contributed by atoms with Gasteiger partial charge in [-0.05, 0) is 31.9 Å². The Balaban J connectivity index is 1.76. The molecule has 1 fully saturated rings. The summed E-state index contributed by atoms with van der Waals surface area (Å²) in [5, 5.41) is 15.1. The van der Waals surface area contributed by atoms with Gasteiger partial charge in [0.05, 0.1) is 11.9 Å². The Labute approximate surface area is 111 Å². The molecule has 1 aliphatic carbocycles. The Morgan fingerprint density at radius 3 is 2.79 bits per heavy atom. The molecule has 0 radical (unpaired) electrons. The molecule has 1 aliphatic rings. The molecular formula is C13H18N2O4. The van der Waals surface area contributed by atoms with Crippen LogP contribution < -0.4 is 10.6 Å². The molecular weight excluding hydrogens is 248 g/mol. The maximum Gasteiger partial charge on any atom is 0.309 e. The predicted octanol–water partition coefficient (Wildman–Crippen LogP) is -0.0321. The van der Waals surface area contributed by atoms with Crippen molar-refractivity contribution in [1.82, 2.24) is 10.6 Å². The number of nitrogens with one attached hydrogen (secondary N) is 2. The van der Waals surface area contributed by atoms with Crippen molar-refractivity contribution in [2.24, 2.45) is 0 Å². The van der Waals surface area contributed by atoms with E-state index in [9.17, 15) is 14.7 Å². The number of hydrogen-bond acceptors (Lipinski definition) is 4. The Morgan fingerprint density at radius 1 is 1.47 bits per heavy atom. The van der Waals surface area contributed by atoms with Crippen LogP contribution in [-0.4, -0.2) is 35.1 Å². The second-order valence-corrected chi connectivity index (χ2v) is 5.18. The molecule has 6 nitrogen and oxygen atoms in total. The molecule has 1 heterocycles. The Bertz CT molecular complexity index is 449. The molecule has 104 valence electrons. The first-order valence-corrected chi connectivity index (χ1v) is 6.30. The molecule has 6 heteroatoms. The molecule has 1 aromatic heterocycles. The zero-order chi connectivity index (χ0) is 13.9. The van der Waals surface area contributed by atoms with Gasteiger partial charge in [0, 0.05) is 19.0 Å². The zero-order valence-electron chi connectivity index (χ0n) is 10.8. The highest BCUT2D eigenvalue weighted by molar-refractivity contribution is 6.35. The number of rotatable bonds is 5. The van der Waals surface area contributed by atoms with Gasteiger partial charge in [-0.3, -0.25) is 9.59 Å². The van der Waals surface area contributed by atoms with Crippen LogP contribution in [0.5, 0.6) is 0 Å². The number of carbonyl (C=O) groups excluding carboxylic acids is 2. The van der Waals surface area contributed by atoms with Crippen LogP contribution in [0.25, 0.3) is 0 Å². The summed E-state index contributed by atoms with van der Waals surface area (Å²) in [6, 6.07) is 3.62. The van der Waals surface area contributed by atoms with Gasteiger partial charge in [-0.25, -0.2) is 0 Å². The van der Waals surface area contributed by atoms with E-state index in [2.05, 4.69) is 10.6 Å². The largest absolute Gasteiger partial charge is 0.469 e. The fourth-order valence-corrected chi connectivity index (χ4v) is 1.68. The summed E-state index contributed by atoms with van der Waals surface area (Å²) in [5.41, 5.74) is -1.16. The quantitative estimate of drug-likeness (QED) is 0.653. The van der Waals surface area contributed by atoms with Crippen molar-refractivity contribution in [2.75, 3.05) is 6.54 Å². The topological polar surface area (TPSA) is 91.6 Å². The molecule has 1 atom stereocenters. The SMILES string of the molecule is C[C@](O)(CNC(=O)C(=O)NC1CC1)Cc1ccco1. The second kappa shape index (κ2) is 5.44. The highest BCUT2D eigenvalue weighted by atomic mass is 16.3. The number of carbonyl (C=O) groups is 2. The standard InChI is InChI=1S/C13H18N2O4/c1-13(18,7-10-3-2-6-19-10)8-14-11(16)12(17)15-9-4-5-9/h2-3,6,9,18H,4-5,7-8H2,1H3,(H,14,16)(H,15,17)/t13-/m1/s1. The number of hydrogen-bond donors (Lipinski definition) is 3. The highest BCUT2D eigenvalue weighted by Crippen LogP contribution is 2.18. The maximum absolute atomic E-state index is 11.5. The predicted molar refractivity (Wildman–Crippen MR) is 67.2 cm³/mol. The highest BCUT2D eigenvalue weighted by Gasteiger charge is 2.28. The molecule has 0 unspecified atom stereocenters. The first-order chi connectivity index (χ1) is 8.96. The van der Waals surface area contributed by atoms with E-state index in [1.54, 1.807) is 19.1 Å². The van der Waals surface area contributed by atoms with Gasteiger partial charge < -0.3 is 20.2 Å². The molecule has 2 amide bonds. The Kier molecular flexibility index (Phi) is 3.90. The van der Waals surface area contributed by atoms with Gasteiger partial charge in [-0.15, -0.1) is 0 Å². The lowest BCUT2D eigenvalue weighted by atomic mass is 10.0.